The van der Waals surface area contributed by atoms with E-state index >= 15 is 0 Å². The Balaban J connectivity index is 0.00000280. The predicted molar refractivity (Wildman–Crippen MR) is 128 cm³/mol. The summed E-state index contributed by atoms with van der Waals surface area (Å²) in [4.78, 5) is 6.77. The number of hydrogen-bond donors (Lipinski definition) is 2. The van der Waals surface area contributed by atoms with Crippen molar-refractivity contribution < 1.29 is 4.74 Å². The molecule has 1 heterocycles. The van der Waals surface area contributed by atoms with Crippen LogP contribution in [0.5, 0.6) is 0 Å². The van der Waals surface area contributed by atoms with E-state index in [1.807, 2.05) is 25.2 Å². The van der Waals surface area contributed by atoms with Gasteiger partial charge in [-0.2, -0.15) is 0 Å². The summed E-state index contributed by atoms with van der Waals surface area (Å²) < 4.78 is 6.03. The first kappa shape index (κ1) is 22.5. The summed E-state index contributed by atoms with van der Waals surface area (Å²) >= 11 is 0. The quantitative estimate of drug-likeness (QED) is 0.275. The summed E-state index contributed by atoms with van der Waals surface area (Å²) in [6, 6.07) is 18.8. The van der Waals surface area contributed by atoms with Gasteiger partial charge < -0.3 is 20.3 Å². The van der Waals surface area contributed by atoms with Gasteiger partial charge in [-0.15, -0.1) is 24.0 Å². The number of guanidine groups is 1. The molecule has 152 valence electrons. The van der Waals surface area contributed by atoms with E-state index in [0.29, 0.717) is 0 Å². The minimum absolute atomic E-state index is 0. The third kappa shape index (κ3) is 6.38. The predicted octanol–water partition coefficient (Wildman–Crippen LogP) is 4.06. The van der Waals surface area contributed by atoms with Gasteiger partial charge in [-0.25, -0.2) is 0 Å². The summed E-state index contributed by atoms with van der Waals surface area (Å²) in [5, 5.41) is 6.93. The van der Waals surface area contributed by atoms with E-state index in [9.17, 15) is 0 Å². The van der Waals surface area contributed by atoms with E-state index < -0.39 is 0 Å². The smallest absolute Gasteiger partial charge is 0.193 e. The molecule has 5 nitrogen and oxygen atoms in total. The first-order chi connectivity index (χ1) is 13.3. The number of anilines is 1. The van der Waals surface area contributed by atoms with Crippen LogP contribution < -0.4 is 10.6 Å². The van der Waals surface area contributed by atoms with Crippen LogP contribution in [0.15, 0.2) is 59.6 Å². The number of aliphatic imine (C=N–C) groups is 1. The largest absolute Gasteiger partial charge is 0.385 e. The van der Waals surface area contributed by atoms with Crippen LogP contribution in [-0.2, 0) is 4.74 Å². The summed E-state index contributed by atoms with van der Waals surface area (Å²) in [7, 11) is 1.85. The number of aryl methyl sites for hydroxylation is 1. The van der Waals surface area contributed by atoms with Crippen LogP contribution >= 0.6 is 24.0 Å². The second-order valence-electron chi connectivity index (χ2n) is 6.78. The van der Waals surface area contributed by atoms with Crippen LogP contribution in [-0.4, -0.2) is 50.7 Å². The van der Waals surface area contributed by atoms with Crippen molar-refractivity contribution in [1.29, 1.82) is 0 Å². The van der Waals surface area contributed by atoms with Gasteiger partial charge in [0.15, 0.2) is 5.96 Å². The summed E-state index contributed by atoms with van der Waals surface area (Å²) in [6.45, 7) is 6.37. The molecule has 28 heavy (non-hydrogen) atoms. The molecule has 1 atom stereocenters. The summed E-state index contributed by atoms with van der Waals surface area (Å²) in [5.41, 5.74) is 3.71. The van der Waals surface area contributed by atoms with E-state index in [1.54, 1.807) is 0 Å². The first-order valence-corrected chi connectivity index (χ1v) is 9.69. The molecule has 1 unspecified atom stereocenters. The normalized spacial score (nSPS) is 17.0. The standard InChI is InChI=1S/C22H30N4O.HI/c1-18-9-6-7-12-20(18)21-17-26(15-16-27-21)22(23-2)25-14-8-13-24-19-10-4-3-5-11-19;/h3-7,9-12,21,24H,8,13-17H2,1-2H3,(H,23,25);1H. The maximum atomic E-state index is 6.03. The molecule has 1 aliphatic rings. The Kier molecular flexibility index (Phi) is 9.57. The molecule has 3 rings (SSSR count). The third-order valence-electron chi connectivity index (χ3n) is 4.85. The van der Waals surface area contributed by atoms with Gasteiger partial charge in [0.1, 0.15) is 6.10 Å². The van der Waals surface area contributed by atoms with Crippen LogP contribution in [0.25, 0.3) is 0 Å². The second-order valence-corrected chi connectivity index (χ2v) is 6.78. The van der Waals surface area contributed by atoms with Gasteiger partial charge in [0, 0.05) is 32.4 Å². The first-order valence-electron chi connectivity index (χ1n) is 9.69. The van der Waals surface area contributed by atoms with Crippen molar-refractivity contribution >= 4 is 35.6 Å². The fraction of sp³-hybridized carbons (Fsp3) is 0.409. The number of halogens is 1. The zero-order chi connectivity index (χ0) is 18.9. The number of morpholine rings is 1. The molecule has 0 aliphatic carbocycles. The Morgan fingerprint density at radius 3 is 2.61 bits per heavy atom. The Hall–Kier alpha value is -1.80. The number of nitrogens with zero attached hydrogens (tertiary/aromatic N) is 2. The second kappa shape index (κ2) is 11.9. The van der Waals surface area contributed by atoms with Crippen molar-refractivity contribution in [1.82, 2.24) is 10.2 Å². The van der Waals surface area contributed by atoms with Gasteiger partial charge in [-0.1, -0.05) is 42.5 Å². The van der Waals surface area contributed by atoms with Crippen molar-refractivity contribution in [3.8, 4) is 0 Å². The highest BCUT2D eigenvalue weighted by molar-refractivity contribution is 14.0. The van der Waals surface area contributed by atoms with Gasteiger partial charge in [0.25, 0.3) is 0 Å². The summed E-state index contributed by atoms with van der Waals surface area (Å²) in [6.07, 6.45) is 1.12. The topological polar surface area (TPSA) is 48.9 Å². The lowest BCUT2D eigenvalue weighted by atomic mass is 10.0. The zero-order valence-electron chi connectivity index (χ0n) is 16.7. The summed E-state index contributed by atoms with van der Waals surface area (Å²) in [5.74, 6) is 0.955. The van der Waals surface area contributed by atoms with Crippen LogP contribution in [0.3, 0.4) is 0 Å². The highest BCUT2D eigenvalue weighted by Crippen LogP contribution is 2.24. The van der Waals surface area contributed by atoms with Crippen molar-refractivity contribution in [3.63, 3.8) is 0 Å². The number of nitrogens with one attached hydrogen (secondary N) is 2. The molecule has 0 aromatic heterocycles. The Labute approximate surface area is 185 Å². The molecule has 6 heteroatoms. The number of hydrogen-bond acceptors (Lipinski definition) is 3. The molecule has 0 spiro atoms. The number of para-hydroxylation sites is 1. The van der Waals surface area contributed by atoms with Crippen molar-refractivity contribution in [2.24, 2.45) is 4.99 Å². The number of rotatable bonds is 6. The highest BCUT2D eigenvalue weighted by atomic mass is 127. The van der Waals surface area contributed by atoms with E-state index in [-0.39, 0.29) is 30.1 Å². The number of ether oxygens (including phenoxy) is 1. The molecule has 1 saturated heterocycles. The molecule has 0 bridgehead atoms. The average molecular weight is 494 g/mol. The molecule has 0 saturated carbocycles. The fourth-order valence-electron chi connectivity index (χ4n) is 3.39. The maximum absolute atomic E-state index is 6.03. The molecule has 0 amide bonds. The van der Waals surface area contributed by atoms with E-state index in [0.717, 1.165) is 50.9 Å². The van der Waals surface area contributed by atoms with Gasteiger partial charge >= 0.3 is 0 Å². The minimum Gasteiger partial charge on any atom is -0.385 e. The molecular formula is C22H31IN4O. The van der Waals surface area contributed by atoms with Crippen LogP contribution in [0.1, 0.15) is 23.7 Å². The van der Waals surface area contributed by atoms with Crippen LogP contribution in [0, 0.1) is 6.92 Å². The SMILES string of the molecule is CN=C(NCCCNc1ccccc1)N1CCOC(c2ccccc2C)C1.I. The molecule has 1 fully saturated rings. The average Bonchev–Trinajstić information content (AvgIpc) is 2.72. The van der Waals surface area contributed by atoms with Gasteiger partial charge in [0.2, 0.25) is 0 Å². The number of benzene rings is 2. The van der Waals surface area contributed by atoms with Gasteiger partial charge in [-0.05, 0) is 36.6 Å². The monoisotopic (exact) mass is 494 g/mol. The fourth-order valence-corrected chi connectivity index (χ4v) is 3.39. The Morgan fingerprint density at radius 1 is 1.11 bits per heavy atom. The molecule has 0 radical (unpaired) electrons. The van der Waals surface area contributed by atoms with E-state index in [1.165, 1.54) is 11.1 Å². The maximum Gasteiger partial charge on any atom is 0.193 e. The van der Waals surface area contributed by atoms with Gasteiger partial charge in [0.05, 0.1) is 13.2 Å². The Morgan fingerprint density at radius 2 is 1.86 bits per heavy atom. The Bertz CT molecular complexity index is 738. The minimum atomic E-state index is 0. The molecule has 2 aromatic rings. The van der Waals surface area contributed by atoms with Crippen LogP contribution in [0.4, 0.5) is 5.69 Å². The molecule has 2 N–H and O–H groups in total. The highest BCUT2D eigenvalue weighted by Gasteiger charge is 2.24. The van der Waals surface area contributed by atoms with Crippen molar-refractivity contribution in [2.75, 3.05) is 45.2 Å². The molecule has 2 aromatic carbocycles. The lowest BCUT2D eigenvalue weighted by molar-refractivity contribution is -0.00830. The zero-order valence-corrected chi connectivity index (χ0v) is 19.1. The lowest BCUT2D eigenvalue weighted by Crippen LogP contribution is -2.48. The van der Waals surface area contributed by atoms with Crippen molar-refractivity contribution in [2.45, 2.75) is 19.4 Å². The van der Waals surface area contributed by atoms with Crippen molar-refractivity contribution in [3.05, 3.63) is 65.7 Å². The van der Waals surface area contributed by atoms with Gasteiger partial charge in [-0.3, -0.25) is 4.99 Å². The van der Waals surface area contributed by atoms with E-state index in [4.69, 9.17) is 4.74 Å². The molecular weight excluding hydrogens is 463 g/mol. The molecule has 1 aliphatic heterocycles. The van der Waals surface area contributed by atoms with E-state index in [2.05, 4.69) is 63.8 Å². The third-order valence-corrected chi connectivity index (χ3v) is 4.85. The van der Waals surface area contributed by atoms with Crippen LogP contribution in [0.2, 0.25) is 0 Å². The lowest BCUT2D eigenvalue weighted by Gasteiger charge is -2.35.